The van der Waals surface area contributed by atoms with Crippen molar-refractivity contribution < 1.29 is 19.0 Å². The third-order valence-electron chi connectivity index (χ3n) is 4.42. The molecule has 0 saturated carbocycles. The van der Waals surface area contributed by atoms with Crippen LogP contribution in [0.25, 0.3) is 11.3 Å². The molecule has 7 heteroatoms. The topological polar surface area (TPSA) is 60.9 Å². The van der Waals surface area contributed by atoms with Gasteiger partial charge in [0.1, 0.15) is 13.2 Å². The molecule has 0 unspecified atom stereocenters. The number of ether oxygens (including phenoxy) is 3. The molecule has 3 aromatic rings. The Labute approximate surface area is 173 Å². The van der Waals surface area contributed by atoms with Crippen molar-refractivity contribution in [3.8, 4) is 28.5 Å². The third-order valence-corrected chi connectivity index (χ3v) is 5.29. The largest absolute Gasteiger partial charge is 0.493 e. The van der Waals surface area contributed by atoms with Crippen LogP contribution in [0.15, 0.2) is 60.5 Å². The van der Waals surface area contributed by atoms with E-state index >= 15 is 0 Å². The SMILES string of the molecule is C=CCN(C(=O)c1cc(OC)c2c(c1)OCCO2)c1nc(-c2ccccc2)cs1. The van der Waals surface area contributed by atoms with Crippen LogP contribution in [0.3, 0.4) is 0 Å². The first kappa shape index (κ1) is 19.0. The van der Waals surface area contributed by atoms with Crippen molar-refractivity contribution in [2.75, 3.05) is 31.8 Å². The maximum Gasteiger partial charge on any atom is 0.260 e. The van der Waals surface area contributed by atoms with Gasteiger partial charge in [0.25, 0.3) is 5.91 Å². The number of nitrogens with zero attached hydrogens (tertiary/aromatic N) is 2. The number of fused-ring (bicyclic) bond motifs is 1. The summed E-state index contributed by atoms with van der Waals surface area (Å²) in [4.78, 5) is 19.6. The molecule has 1 aromatic heterocycles. The zero-order valence-electron chi connectivity index (χ0n) is 16.0. The molecule has 0 fully saturated rings. The Kier molecular flexibility index (Phi) is 5.48. The van der Waals surface area contributed by atoms with Gasteiger partial charge in [-0.05, 0) is 12.1 Å². The predicted octanol–water partition coefficient (Wildman–Crippen LogP) is 4.42. The summed E-state index contributed by atoms with van der Waals surface area (Å²) in [6.07, 6.45) is 1.68. The Morgan fingerprint density at radius 3 is 2.83 bits per heavy atom. The lowest BCUT2D eigenvalue weighted by Gasteiger charge is -2.23. The molecule has 0 atom stereocenters. The molecule has 148 valence electrons. The van der Waals surface area contributed by atoms with Gasteiger partial charge >= 0.3 is 0 Å². The lowest BCUT2D eigenvalue weighted by Crippen LogP contribution is -2.31. The Bertz CT molecular complexity index is 1020. The fourth-order valence-corrected chi connectivity index (χ4v) is 3.90. The summed E-state index contributed by atoms with van der Waals surface area (Å²) >= 11 is 1.41. The van der Waals surface area contributed by atoms with Crippen molar-refractivity contribution in [2.24, 2.45) is 0 Å². The van der Waals surface area contributed by atoms with Gasteiger partial charge in [-0.2, -0.15) is 0 Å². The number of rotatable bonds is 6. The molecule has 2 aromatic carbocycles. The Morgan fingerprint density at radius 1 is 1.28 bits per heavy atom. The van der Waals surface area contributed by atoms with Gasteiger partial charge in [-0.25, -0.2) is 4.98 Å². The van der Waals surface area contributed by atoms with Crippen molar-refractivity contribution in [2.45, 2.75) is 0 Å². The molecular weight excluding hydrogens is 388 g/mol. The third kappa shape index (κ3) is 3.82. The minimum absolute atomic E-state index is 0.214. The van der Waals surface area contributed by atoms with E-state index in [9.17, 15) is 4.79 Å². The van der Waals surface area contributed by atoms with E-state index in [4.69, 9.17) is 14.2 Å². The van der Waals surface area contributed by atoms with Crippen LogP contribution < -0.4 is 19.1 Å². The number of hydrogen-bond donors (Lipinski definition) is 0. The van der Waals surface area contributed by atoms with E-state index in [-0.39, 0.29) is 5.91 Å². The number of hydrogen-bond acceptors (Lipinski definition) is 6. The van der Waals surface area contributed by atoms with Crippen molar-refractivity contribution in [1.82, 2.24) is 4.98 Å². The molecule has 29 heavy (non-hydrogen) atoms. The Hall–Kier alpha value is -3.32. The number of aromatic nitrogens is 1. The second kappa shape index (κ2) is 8.36. The number of benzene rings is 2. The molecule has 0 saturated heterocycles. The number of amides is 1. The highest BCUT2D eigenvalue weighted by molar-refractivity contribution is 7.14. The van der Waals surface area contributed by atoms with E-state index in [0.29, 0.717) is 47.7 Å². The molecule has 0 spiro atoms. The highest BCUT2D eigenvalue weighted by Gasteiger charge is 2.25. The smallest absolute Gasteiger partial charge is 0.260 e. The highest BCUT2D eigenvalue weighted by Crippen LogP contribution is 2.41. The molecule has 0 bridgehead atoms. The highest BCUT2D eigenvalue weighted by atomic mass is 32.1. The van der Waals surface area contributed by atoms with E-state index in [1.165, 1.54) is 18.4 Å². The number of carbonyl (C=O) groups is 1. The van der Waals surface area contributed by atoms with E-state index < -0.39 is 0 Å². The van der Waals surface area contributed by atoms with Crippen molar-refractivity contribution in [3.05, 3.63) is 66.1 Å². The van der Waals surface area contributed by atoms with Crippen LogP contribution in [-0.4, -0.2) is 37.8 Å². The summed E-state index contributed by atoms with van der Waals surface area (Å²) in [5.74, 6) is 1.27. The zero-order chi connectivity index (χ0) is 20.2. The van der Waals surface area contributed by atoms with Crippen LogP contribution in [0, 0.1) is 0 Å². The first-order valence-corrected chi connectivity index (χ1v) is 10.0. The average Bonchev–Trinajstić information content (AvgIpc) is 3.26. The van der Waals surface area contributed by atoms with Crippen LogP contribution in [0.4, 0.5) is 5.13 Å². The van der Waals surface area contributed by atoms with Crippen LogP contribution in [0.5, 0.6) is 17.2 Å². The molecule has 1 aliphatic rings. The molecule has 0 N–H and O–H groups in total. The van der Waals surface area contributed by atoms with Gasteiger partial charge in [-0.3, -0.25) is 9.69 Å². The zero-order valence-corrected chi connectivity index (χ0v) is 16.8. The molecular formula is C22H20N2O4S. The quantitative estimate of drug-likeness (QED) is 0.565. The average molecular weight is 408 g/mol. The monoisotopic (exact) mass is 408 g/mol. The molecule has 6 nitrogen and oxygen atoms in total. The lowest BCUT2D eigenvalue weighted by molar-refractivity contribution is 0.0987. The normalized spacial score (nSPS) is 12.3. The summed E-state index contributed by atoms with van der Waals surface area (Å²) in [7, 11) is 1.54. The van der Waals surface area contributed by atoms with Crippen LogP contribution >= 0.6 is 11.3 Å². The molecule has 0 radical (unpaired) electrons. The Balaban J connectivity index is 1.68. The lowest BCUT2D eigenvalue weighted by atomic mass is 10.1. The predicted molar refractivity (Wildman–Crippen MR) is 113 cm³/mol. The standard InChI is InChI=1S/C22H20N2O4S/c1-3-9-24(22-23-17(14-29-22)15-7-5-4-6-8-15)21(25)16-12-18(26-2)20-19(13-16)27-10-11-28-20/h3-8,12-14H,1,9-11H2,2H3. The number of carbonyl (C=O) groups excluding carboxylic acids is 1. The fourth-order valence-electron chi connectivity index (χ4n) is 3.06. The van der Waals surface area contributed by atoms with Gasteiger partial charge in [0.2, 0.25) is 5.75 Å². The first-order valence-electron chi connectivity index (χ1n) is 9.12. The number of anilines is 1. The van der Waals surface area contributed by atoms with E-state index in [2.05, 4.69) is 11.6 Å². The van der Waals surface area contributed by atoms with Crippen LogP contribution in [0.2, 0.25) is 0 Å². The van der Waals surface area contributed by atoms with E-state index in [0.717, 1.165) is 11.3 Å². The minimum atomic E-state index is -0.214. The first-order chi connectivity index (χ1) is 14.2. The molecule has 0 aliphatic carbocycles. The number of thiazole rings is 1. The summed E-state index contributed by atoms with van der Waals surface area (Å²) in [6, 6.07) is 13.2. The summed E-state index contributed by atoms with van der Waals surface area (Å²) in [6.45, 7) is 4.99. The fraction of sp³-hybridized carbons (Fsp3) is 0.182. The Morgan fingerprint density at radius 2 is 2.07 bits per heavy atom. The van der Waals surface area contributed by atoms with Crippen LogP contribution in [-0.2, 0) is 0 Å². The van der Waals surface area contributed by atoms with Crippen LogP contribution in [0.1, 0.15) is 10.4 Å². The molecule has 1 amide bonds. The summed E-state index contributed by atoms with van der Waals surface area (Å²) in [5.41, 5.74) is 2.26. The number of methoxy groups -OCH3 is 1. The van der Waals surface area contributed by atoms with E-state index in [1.54, 1.807) is 23.1 Å². The van der Waals surface area contributed by atoms with Gasteiger partial charge in [0.05, 0.1) is 12.8 Å². The molecule has 1 aliphatic heterocycles. The van der Waals surface area contributed by atoms with Gasteiger partial charge in [-0.1, -0.05) is 36.4 Å². The van der Waals surface area contributed by atoms with Gasteiger partial charge in [-0.15, -0.1) is 17.9 Å². The summed E-state index contributed by atoms with van der Waals surface area (Å²) < 4.78 is 16.7. The minimum Gasteiger partial charge on any atom is -0.493 e. The van der Waals surface area contributed by atoms with E-state index in [1.807, 2.05) is 35.7 Å². The second-order valence-corrected chi connectivity index (χ2v) is 7.13. The van der Waals surface area contributed by atoms with Crippen molar-refractivity contribution >= 4 is 22.4 Å². The second-order valence-electron chi connectivity index (χ2n) is 6.29. The van der Waals surface area contributed by atoms with Gasteiger partial charge < -0.3 is 14.2 Å². The van der Waals surface area contributed by atoms with Gasteiger partial charge in [0.15, 0.2) is 16.6 Å². The van der Waals surface area contributed by atoms with Crippen molar-refractivity contribution in [1.29, 1.82) is 0 Å². The summed E-state index contributed by atoms with van der Waals surface area (Å²) in [5, 5.41) is 2.54. The maximum absolute atomic E-state index is 13.3. The maximum atomic E-state index is 13.3. The molecule has 2 heterocycles. The molecule has 4 rings (SSSR count). The van der Waals surface area contributed by atoms with Crippen molar-refractivity contribution in [3.63, 3.8) is 0 Å². The van der Waals surface area contributed by atoms with Gasteiger partial charge in [0, 0.05) is 23.1 Å².